The lowest BCUT2D eigenvalue weighted by Crippen LogP contribution is -2.14. The van der Waals surface area contributed by atoms with E-state index in [1.165, 1.54) is 251 Å². The third kappa shape index (κ3) is 10.5. The average molecular weight is 1630 g/mol. The van der Waals surface area contributed by atoms with Crippen LogP contribution in [0.15, 0.2) is 370 Å². The monoisotopic (exact) mass is 1630 g/mol. The van der Waals surface area contributed by atoms with Crippen LogP contribution in [-0.2, 0) is 21.7 Å². The molecule has 0 unspecified atom stereocenters. The summed E-state index contributed by atoms with van der Waals surface area (Å²) in [6, 6.07) is 143. The number of nitrogens with zero attached hydrogens (tertiary/aromatic N) is 1. The summed E-state index contributed by atoms with van der Waals surface area (Å²) < 4.78 is 7.67. The first kappa shape index (κ1) is 72.6. The van der Waals surface area contributed by atoms with Crippen molar-refractivity contribution in [3.05, 3.63) is 415 Å². The van der Waals surface area contributed by atoms with Gasteiger partial charge < -0.3 is 4.57 Å². The van der Waals surface area contributed by atoms with Crippen molar-refractivity contribution < 1.29 is 0 Å². The first-order chi connectivity index (χ1) is 61.0. The molecule has 19 aromatic carbocycles. The van der Waals surface area contributed by atoms with Crippen molar-refractivity contribution in [2.75, 3.05) is 0 Å². The van der Waals surface area contributed by atoms with Gasteiger partial charge in [0.2, 0.25) is 0 Å². The summed E-state index contributed by atoms with van der Waals surface area (Å²) in [6.07, 6.45) is 0. The van der Waals surface area contributed by atoms with Gasteiger partial charge in [0.05, 0.1) is 11.0 Å². The van der Waals surface area contributed by atoms with Crippen LogP contribution in [0, 0.1) is 0 Å². The Balaban J connectivity index is 0.693. The van der Waals surface area contributed by atoms with E-state index < -0.39 is 0 Å². The summed E-state index contributed by atoms with van der Waals surface area (Å²) >= 11 is 3.86. The zero-order valence-corrected chi connectivity index (χ0v) is 72.6. The minimum absolute atomic E-state index is 0.119. The van der Waals surface area contributed by atoms with Crippen LogP contribution in [-0.4, -0.2) is 4.57 Å². The van der Waals surface area contributed by atoms with Crippen molar-refractivity contribution >= 4 is 106 Å². The molecule has 125 heavy (non-hydrogen) atoms. The summed E-state index contributed by atoms with van der Waals surface area (Å²) in [5, 5.41) is 12.5. The molecule has 3 heteroatoms. The molecule has 22 aromatic rings. The Morgan fingerprint density at radius 3 is 0.816 bits per heavy atom. The first-order valence-electron chi connectivity index (χ1n) is 44.1. The van der Waals surface area contributed by atoms with Gasteiger partial charge >= 0.3 is 0 Å². The molecular weight excluding hydrogens is 1540 g/mol. The molecule has 4 aliphatic rings. The highest BCUT2D eigenvalue weighted by Crippen LogP contribution is 2.58. The van der Waals surface area contributed by atoms with E-state index in [1.807, 2.05) is 22.7 Å². The summed E-state index contributed by atoms with van der Waals surface area (Å²) in [5.74, 6) is 0. The molecule has 0 spiro atoms. The predicted molar refractivity (Wildman–Crippen MR) is 535 cm³/mol. The van der Waals surface area contributed by atoms with Gasteiger partial charge in [-0.05, 0) is 298 Å². The maximum Gasteiger partial charge on any atom is 0.0541 e. The smallest absolute Gasteiger partial charge is 0.0541 e. The Labute approximate surface area is 736 Å². The summed E-state index contributed by atoms with van der Waals surface area (Å²) in [7, 11) is 0. The predicted octanol–water partition coefficient (Wildman–Crippen LogP) is 34.4. The van der Waals surface area contributed by atoms with E-state index in [0.717, 1.165) is 16.7 Å². The molecule has 3 aromatic heterocycles. The van der Waals surface area contributed by atoms with Crippen LogP contribution in [0.2, 0.25) is 0 Å². The van der Waals surface area contributed by atoms with E-state index in [0.29, 0.717) is 0 Å². The molecule has 0 saturated carbocycles. The van der Waals surface area contributed by atoms with E-state index in [-0.39, 0.29) is 21.7 Å². The van der Waals surface area contributed by atoms with Crippen molar-refractivity contribution in [2.45, 2.75) is 77.0 Å². The van der Waals surface area contributed by atoms with E-state index in [2.05, 4.69) is 430 Å². The molecule has 0 aliphatic heterocycles. The summed E-state index contributed by atoms with van der Waals surface area (Å²) in [6.45, 7) is 19.2. The van der Waals surface area contributed by atoms with Crippen LogP contribution >= 0.6 is 22.7 Å². The Morgan fingerprint density at radius 1 is 0.176 bits per heavy atom. The molecule has 0 amide bonds. The fourth-order valence-corrected chi connectivity index (χ4v) is 25.6. The molecule has 0 fully saturated rings. The Morgan fingerprint density at radius 2 is 0.448 bits per heavy atom. The Kier molecular flexibility index (Phi) is 15.2. The zero-order chi connectivity index (χ0) is 83.4. The van der Waals surface area contributed by atoms with Crippen molar-refractivity contribution in [1.82, 2.24) is 4.57 Å². The molecule has 0 N–H and O–H groups in total. The van der Waals surface area contributed by atoms with Crippen LogP contribution in [0.4, 0.5) is 0 Å². The van der Waals surface area contributed by atoms with E-state index >= 15 is 0 Å². The van der Waals surface area contributed by atoms with Crippen molar-refractivity contribution in [1.29, 1.82) is 0 Å². The van der Waals surface area contributed by atoms with Crippen molar-refractivity contribution in [3.8, 4) is 139 Å². The van der Waals surface area contributed by atoms with Gasteiger partial charge in [-0.2, -0.15) is 0 Å². The molecule has 1 nitrogen and oxygen atoms in total. The molecule has 3 heterocycles. The number of fused-ring (bicyclic) bond motifs is 23. The third-order valence-corrected chi connectivity index (χ3v) is 32.0. The molecule has 4 aliphatic carbocycles. The first-order valence-corrected chi connectivity index (χ1v) is 45.8. The van der Waals surface area contributed by atoms with Gasteiger partial charge in [0.25, 0.3) is 0 Å². The van der Waals surface area contributed by atoms with Gasteiger partial charge in [-0.15, -0.1) is 22.7 Å². The highest BCUT2D eigenvalue weighted by Gasteiger charge is 2.40. The highest BCUT2D eigenvalue weighted by molar-refractivity contribution is 7.26. The number of thiophene rings is 2. The number of rotatable bonds is 9. The van der Waals surface area contributed by atoms with Crippen molar-refractivity contribution in [2.24, 2.45) is 0 Å². The van der Waals surface area contributed by atoms with E-state index in [9.17, 15) is 0 Å². The lowest BCUT2D eigenvalue weighted by atomic mass is 9.81. The molecule has 0 saturated heterocycles. The minimum atomic E-state index is -0.172. The quantitative estimate of drug-likeness (QED) is 0.127. The number of aromatic nitrogens is 1. The van der Waals surface area contributed by atoms with Crippen molar-refractivity contribution in [3.63, 3.8) is 0 Å². The van der Waals surface area contributed by atoms with Gasteiger partial charge in [-0.25, -0.2) is 0 Å². The standard InChI is InChI=1S/C122H85NS2/c1-119(2)103-34-20-16-26-83(103)87-50-40-74(66-107(87)119)72-46-56-113-99(58-72)101-64-80(76-42-52-89-85-28-18-22-36-105(85)121(5,6)109(89)68-76)62-95(117(101)124-113)78-44-54-111-97(60-78)98-61-79(45-55-112(98)123(111)82-48-38-71(39-49-82)116-93-32-14-12-30-91(93)115(70-24-10-9-11-25-70)92-31-13-15-33-94(92)116)96-63-81(77-43-53-90-86-29-19-23-37-106(86)122(7,8)110(90)69-77)65-102-100-59-73(47-57-114(100)125-118(96)102)75-41-51-88-84-27-17-21-35-104(84)120(3,4)108(88)67-75/h9-69H,1-8H3. The van der Waals surface area contributed by atoms with Gasteiger partial charge in [0.1, 0.15) is 0 Å². The molecule has 0 radical (unpaired) electrons. The lowest BCUT2D eigenvalue weighted by molar-refractivity contribution is 0.660. The maximum atomic E-state index is 2.55. The van der Waals surface area contributed by atoms with Crippen LogP contribution in [0.5, 0.6) is 0 Å². The summed E-state index contributed by atoms with van der Waals surface area (Å²) in [5.41, 5.74) is 44.1. The van der Waals surface area contributed by atoms with E-state index in [4.69, 9.17) is 0 Å². The Bertz CT molecular complexity index is 8060. The number of hydrogen-bond acceptors (Lipinski definition) is 2. The van der Waals surface area contributed by atoms with Gasteiger partial charge in [-0.1, -0.05) is 316 Å². The topological polar surface area (TPSA) is 4.93 Å². The van der Waals surface area contributed by atoms with Gasteiger partial charge in [0, 0.05) is 89.6 Å². The summed E-state index contributed by atoms with van der Waals surface area (Å²) in [4.78, 5) is 0. The SMILES string of the molecule is CC1(C)c2ccccc2-c2ccc(-c3ccc4sc5c(-c6ccc7c(c6)c6cc(-c8cc(-c9ccc%10c(c9)C(C)(C)c9ccccc9-%10)cc9c8sc8ccc(-c%10ccc%11c(c%10)C(C)(C)c%10ccccc%10-%11)cc89)ccc6n7-c6ccc(-c7c8ccccc8c(-c8ccccc8)c8ccccc78)cc6)cc(-c6ccc7c(c6)C(C)(C)c6ccccc6-7)cc5c4c3)cc21. The normalized spacial score (nSPS) is 14.5. The average Bonchev–Trinajstić information content (AvgIpc) is 1.13. The van der Waals surface area contributed by atoms with Crippen LogP contribution in [0.25, 0.3) is 223 Å². The second-order valence-electron chi connectivity index (χ2n) is 37.7. The molecular formula is C122H85NS2. The van der Waals surface area contributed by atoms with Gasteiger partial charge in [0.15, 0.2) is 0 Å². The van der Waals surface area contributed by atoms with Crippen LogP contribution in [0.3, 0.4) is 0 Å². The third-order valence-electron chi connectivity index (χ3n) is 29.6. The largest absolute Gasteiger partial charge is 0.309 e. The number of hydrogen-bond donors (Lipinski definition) is 0. The fraction of sp³-hybridized carbons (Fsp3) is 0.0984. The fourth-order valence-electron chi connectivity index (χ4n) is 23.2. The molecule has 26 rings (SSSR count). The van der Waals surface area contributed by atoms with E-state index in [1.54, 1.807) is 0 Å². The lowest BCUT2D eigenvalue weighted by Gasteiger charge is -2.22. The van der Waals surface area contributed by atoms with Crippen LogP contribution in [0.1, 0.15) is 99.9 Å². The number of benzene rings is 19. The molecule has 0 atom stereocenters. The maximum absolute atomic E-state index is 2.55. The van der Waals surface area contributed by atoms with Gasteiger partial charge in [-0.3, -0.25) is 0 Å². The second-order valence-corrected chi connectivity index (χ2v) is 39.8. The second kappa shape index (κ2) is 26.3. The minimum Gasteiger partial charge on any atom is -0.309 e. The highest BCUT2D eigenvalue weighted by atomic mass is 32.1. The molecule has 590 valence electrons. The zero-order valence-electron chi connectivity index (χ0n) is 71.0. The Hall–Kier alpha value is -14.1. The molecule has 0 bridgehead atoms. The van der Waals surface area contributed by atoms with Crippen LogP contribution < -0.4 is 0 Å².